The van der Waals surface area contributed by atoms with E-state index in [0.29, 0.717) is 15.7 Å². The number of hydrogen-bond donors (Lipinski definition) is 1. The number of piperazine rings is 1. The minimum atomic E-state index is -0.428. The zero-order valence-electron chi connectivity index (χ0n) is 9.04. The summed E-state index contributed by atoms with van der Waals surface area (Å²) in [6, 6.07) is 4.52. The fourth-order valence-electron chi connectivity index (χ4n) is 1.73. The van der Waals surface area contributed by atoms with Crippen molar-refractivity contribution in [1.29, 1.82) is 0 Å². The van der Waals surface area contributed by atoms with E-state index in [9.17, 15) is 9.59 Å². The fraction of sp³-hybridized carbons (Fsp3) is 0.273. The first-order valence-electron chi connectivity index (χ1n) is 5.04. The minimum absolute atomic E-state index is 0.115. The zero-order valence-corrected chi connectivity index (χ0v) is 10.5. The monoisotopic (exact) mass is 272 g/mol. The first kappa shape index (κ1) is 12.2. The van der Waals surface area contributed by atoms with Crippen LogP contribution in [0.2, 0.25) is 10.0 Å². The van der Waals surface area contributed by atoms with Crippen LogP contribution in [0.4, 0.5) is 5.69 Å². The summed E-state index contributed by atoms with van der Waals surface area (Å²) in [4.78, 5) is 24.5. The lowest BCUT2D eigenvalue weighted by Crippen LogP contribution is -2.57. The van der Waals surface area contributed by atoms with Crippen LogP contribution >= 0.6 is 23.2 Å². The van der Waals surface area contributed by atoms with Gasteiger partial charge in [-0.25, -0.2) is 0 Å². The lowest BCUT2D eigenvalue weighted by molar-refractivity contribution is -0.132. The molecule has 2 rings (SSSR count). The van der Waals surface area contributed by atoms with Crippen molar-refractivity contribution in [2.75, 3.05) is 11.4 Å². The number of anilines is 1. The Morgan fingerprint density at radius 2 is 1.82 bits per heavy atom. The van der Waals surface area contributed by atoms with E-state index in [0.717, 1.165) is 0 Å². The number of nitrogens with one attached hydrogen (secondary N) is 1. The minimum Gasteiger partial charge on any atom is -0.350 e. The van der Waals surface area contributed by atoms with Gasteiger partial charge >= 0.3 is 0 Å². The van der Waals surface area contributed by atoms with Crippen LogP contribution in [0.25, 0.3) is 0 Å². The maximum atomic E-state index is 11.5. The van der Waals surface area contributed by atoms with Crippen LogP contribution in [-0.2, 0) is 9.59 Å². The van der Waals surface area contributed by atoms with Crippen molar-refractivity contribution in [2.24, 2.45) is 0 Å². The first-order chi connectivity index (χ1) is 7.97. The van der Waals surface area contributed by atoms with Gasteiger partial charge in [-0.05, 0) is 25.1 Å². The summed E-state index contributed by atoms with van der Waals surface area (Å²) in [5.74, 6) is -0.651. The molecule has 0 aliphatic carbocycles. The zero-order chi connectivity index (χ0) is 12.6. The molecule has 1 fully saturated rings. The largest absolute Gasteiger partial charge is 0.350 e. The molecule has 0 spiro atoms. The van der Waals surface area contributed by atoms with E-state index in [-0.39, 0.29) is 18.4 Å². The van der Waals surface area contributed by atoms with Gasteiger partial charge in [-0.2, -0.15) is 0 Å². The van der Waals surface area contributed by atoms with Crippen molar-refractivity contribution < 1.29 is 9.59 Å². The van der Waals surface area contributed by atoms with Crippen molar-refractivity contribution in [2.45, 2.75) is 13.0 Å². The number of rotatable bonds is 1. The Morgan fingerprint density at radius 3 is 2.41 bits per heavy atom. The number of carbonyl (C=O) groups excluding carboxylic acids is 2. The van der Waals surface area contributed by atoms with Gasteiger partial charge < -0.3 is 4.90 Å². The lowest BCUT2D eigenvalue weighted by Gasteiger charge is -2.33. The Kier molecular flexibility index (Phi) is 3.26. The maximum absolute atomic E-state index is 11.5. The molecule has 1 aromatic carbocycles. The number of benzene rings is 1. The smallest absolute Gasteiger partial charge is 0.249 e. The Bertz CT molecular complexity index is 470. The average Bonchev–Trinajstić information content (AvgIpc) is 2.22. The lowest BCUT2D eigenvalue weighted by atomic mass is 10.1. The highest BCUT2D eigenvalue weighted by Crippen LogP contribution is 2.27. The SMILES string of the molecule is CC1C(=O)NC(=O)CN1c1cc(Cl)cc(Cl)c1. The molecule has 0 saturated carbocycles. The van der Waals surface area contributed by atoms with E-state index < -0.39 is 6.04 Å². The maximum Gasteiger partial charge on any atom is 0.249 e. The van der Waals surface area contributed by atoms with Crippen molar-refractivity contribution in [3.63, 3.8) is 0 Å². The summed E-state index contributed by atoms with van der Waals surface area (Å²) in [5, 5.41) is 3.21. The van der Waals surface area contributed by atoms with Gasteiger partial charge in [0.05, 0.1) is 6.54 Å². The third kappa shape index (κ3) is 2.53. The molecule has 1 saturated heterocycles. The number of halogens is 2. The molecule has 1 N–H and O–H groups in total. The van der Waals surface area contributed by atoms with Crippen LogP contribution in [-0.4, -0.2) is 24.4 Å². The molecule has 0 aromatic heterocycles. The summed E-state index contributed by atoms with van der Waals surface area (Å²) in [5.41, 5.74) is 0.665. The van der Waals surface area contributed by atoms with Gasteiger partial charge in [-0.3, -0.25) is 14.9 Å². The topological polar surface area (TPSA) is 49.4 Å². The van der Waals surface area contributed by atoms with E-state index >= 15 is 0 Å². The van der Waals surface area contributed by atoms with E-state index in [1.54, 1.807) is 30.0 Å². The molecule has 0 radical (unpaired) electrons. The molecule has 1 aliphatic heterocycles. The fourth-order valence-corrected chi connectivity index (χ4v) is 2.25. The first-order valence-corrected chi connectivity index (χ1v) is 5.79. The van der Waals surface area contributed by atoms with Crippen LogP contribution in [0.5, 0.6) is 0 Å². The number of hydrogen-bond acceptors (Lipinski definition) is 3. The Morgan fingerprint density at radius 1 is 1.24 bits per heavy atom. The van der Waals surface area contributed by atoms with Crippen molar-refractivity contribution in [1.82, 2.24) is 5.32 Å². The van der Waals surface area contributed by atoms with Gasteiger partial charge in [-0.15, -0.1) is 0 Å². The van der Waals surface area contributed by atoms with E-state index in [1.165, 1.54) is 0 Å². The van der Waals surface area contributed by atoms with Gasteiger partial charge in [0, 0.05) is 15.7 Å². The summed E-state index contributed by atoms with van der Waals surface area (Å²) in [7, 11) is 0. The predicted octanol–water partition coefficient (Wildman–Crippen LogP) is 1.84. The van der Waals surface area contributed by atoms with E-state index in [1.807, 2.05) is 0 Å². The molecule has 1 atom stereocenters. The molecule has 6 heteroatoms. The van der Waals surface area contributed by atoms with Crippen molar-refractivity contribution in [3.8, 4) is 0 Å². The van der Waals surface area contributed by atoms with Gasteiger partial charge in [0.1, 0.15) is 6.04 Å². The standard InChI is InChI=1S/C11H10Cl2N2O2/c1-6-11(17)14-10(16)5-15(6)9-3-7(12)2-8(13)4-9/h2-4,6H,5H2,1H3,(H,14,16,17). The third-order valence-corrected chi connectivity index (χ3v) is 3.04. The Hall–Kier alpha value is -1.26. The molecule has 17 heavy (non-hydrogen) atoms. The third-order valence-electron chi connectivity index (χ3n) is 2.60. The quantitative estimate of drug-likeness (QED) is 0.794. The molecule has 90 valence electrons. The Labute approximate surface area is 108 Å². The number of imide groups is 1. The van der Waals surface area contributed by atoms with Gasteiger partial charge in [0.25, 0.3) is 0 Å². The molecule has 1 unspecified atom stereocenters. The van der Waals surface area contributed by atoms with Crippen molar-refractivity contribution >= 4 is 40.7 Å². The van der Waals surface area contributed by atoms with Crippen LogP contribution in [0.1, 0.15) is 6.92 Å². The van der Waals surface area contributed by atoms with Gasteiger partial charge in [0.2, 0.25) is 11.8 Å². The second kappa shape index (κ2) is 4.55. The van der Waals surface area contributed by atoms with Crippen LogP contribution in [0.15, 0.2) is 18.2 Å². The molecular weight excluding hydrogens is 263 g/mol. The Balaban J connectivity index is 2.37. The highest BCUT2D eigenvalue weighted by Gasteiger charge is 2.30. The molecule has 2 amide bonds. The van der Waals surface area contributed by atoms with Gasteiger partial charge in [0.15, 0.2) is 0 Å². The molecule has 1 aliphatic rings. The van der Waals surface area contributed by atoms with E-state index in [4.69, 9.17) is 23.2 Å². The summed E-state index contributed by atoms with van der Waals surface area (Å²) in [6.07, 6.45) is 0. The number of carbonyl (C=O) groups is 2. The van der Waals surface area contributed by atoms with Crippen LogP contribution in [0.3, 0.4) is 0 Å². The van der Waals surface area contributed by atoms with E-state index in [2.05, 4.69) is 5.32 Å². The normalized spacial score (nSPS) is 20.4. The molecule has 0 bridgehead atoms. The molecular formula is C11H10Cl2N2O2. The summed E-state index contributed by atoms with van der Waals surface area (Å²) in [6.45, 7) is 1.83. The number of nitrogens with zero attached hydrogens (tertiary/aromatic N) is 1. The summed E-state index contributed by atoms with van der Waals surface area (Å²) < 4.78 is 0. The van der Waals surface area contributed by atoms with Crippen molar-refractivity contribution in [3.05, 3.63) is 28.2 Å². The second-order valence-corrected chi connectivity index (χ2v) is 4.72. The highest BCUT2D eigenvalue weighted by molar-refractivity contribution is 6.35. The molecule has 4 nitrogen and oxygen atoms in total. The highest BCUT2D eigenvalue weighted by atomic mass is 35.5. The van der Waals surface area contributed by atoms with Crippen LogP contribution < -0.4 is 10.2 Å². The average molecular weight is 273 g/mol. The molecule has 1 aromatic rings. The second-order valence-electron chi connectivity index (χ2n) is 3.84. The van der Waals surface area contributed by atoms with Gasteiger partial charge in [-0.1, -0.05) is 23.2 Å². The van der Waals surface area contributed by atoms with Crippen LogP contribution in [0, 0.1) is 0 Å². The number of amides is 2. The molecule has 1 heterocycles. The predicted molar refractivity (Wildman–Crippen MR) is 66.4 cm³/mol. The summed E-state index contributed by atoms with van der Waals surface area (Å²) >= 11 is 11.8.